The van der Waals surface area contributed by atoms with Gasteiger partial charge in [0.2, 0.25) is 0 Å². The molecular formula is C14H25N7. The number of nitrogens with two attached hydrogens (primary N) is 1. The minimum atomic E-state index is -0.0266. The van der Waals surface area contributed by atoms with E-state index in [0.717, 1.165) is 30.3 Å². The van der Waals surface area contributed by atoms with Gasteiger partial charge in [0.05, 0.1) is 17.4 Å². The van der Waals surface area contributed by atoms with E-state index in [4.69, 9.17) is 5.84 Å². The van der Waals surface area contributed by atoms with E-state index in [1.807, 2.05) is 16.3 Å². The van der Waals surface area contributed by atoms with Crippen LogP contribution in [0.25, 0.3) is 0 Å². The minimum absolute atomic E-state index is 0.0266. The summed E-state index contributed by atoms with van der Waals surface area (Å²) in [6.07, 6.45) is 2.29. The molecule has 0 aromatic carbocycles. The van der Waals surface area contributed by atoms with Crippen molar-refractivity contribution < 1.29 is 0 Å². The summed E-state index contributed by atoms with van der Waals surface area (Å²) in [6.45, 7) is 10.1. The molecule has 3 N–H and O–H groups in total. The summed E-state index contributed by atoms with van der Waals surface area (Å²) in [5.41, 5.74) is 4.96. The third-order valence-corrected chi connectivity index (χ3v) is 3.41. The molecule has 0 saturated carbocycles. The summed E-state index contributed by atoms with van der Waals surface area (Å²) in [5.74, 6) is 7.22. The molecule has 0 aliphatic carbocycles. The second-order valence-corrected chi connectivity index (χ2v) is 5.70. The van der Waals surface area contributed by atoms with Crippen molar-refractivity contribution in [3.63, 3.8) is 0 Å². The van der Waals surface area contributed by atoms with Crippen LogP contribution in [0.4, 0.5) is 0 Å². The van der Waals surface area contributed by atoms with E-state index in [9.17, 15) is 0 Å². The number of rotatable bonds is 7. The van der Waals surface area contributed by atoms with Crippen molar-refractivity contribution in [2.75, 3.05) is 0 Å². The molecule has 1 unspecified atom stereocenters. The molecule has 0 aliphatic rings. The SMILES string of the molecule is CCn1nc(C)cc1C(Cc1ncnn1CC(C)C)NN. The van der Waals surface area contributed by atoms with E-state index in [0.29, 0.717) is 12.3 Å². The minimum Gasteiger partial charge on any atom is -0.271 e. The predicted molar refractivity (Wildman–Crippen MR) is 81.3 cm³/mol. The van der Waals surface area contributed by atoms with Crippen LogP contribution in [0.2, 0.25) is 0 Å². The van der Waals surface area contributed by atoms with Gasteiger partial charge in [-0.15, -0.1) is 0 Å². The van der Waals surface area contributed by atoms with Gasteiger partial charge in [-0.25, -0.2) is 9.67 Å². The Morgan fingerprint density at radius 1 is 1.33 bits per heavy atom. The Morgan fingerprint density at radius 3 is 2.71 bits per heavy atom. The van der Waals surface area contributed by atoms with E-state index in [1.165, 1.54) is 0 Å². The highest BCUT2D eigenvalue weighted by molar-refractivity contribution is 5.15. The van der Waals surface area contributed by atoms with Gasteiger partial charge in [0, 0.05) is 19.5 Å². The molecule has 0 bridgehead atoms. The van der Waals surface area contributed by atoms with Crippen LogP contribution in [0.1, 0.15) is 44.0 Å². The van der Waals surface area contributed by atoms with Crippen LogP contribution >= 0.6 is 0 Å². The van der Waals surface area contributed by atoms with E-state index in [1.54, 1.807) is 6.33 Å². The number of nitrogens with zero attached hydrogens (tertiary/aromatic N) is 5. The van der Waals surface area contributed by atoms with Crippen molar-refractivity contribution in [1.29, 1.82) is 0 Å². The highest BCUT2D eigenvalue weighted by atomic mass is 15.3. The fraction of sp³-hybridized carbons (Fsp3) is 0.643. The number of hydrazine groups is 1. The first-order valence-corrected chi connectivity index (χ1v) is 7.42. The number of aromatic nitrogens is 5. The van der Waals surface area contributed by atoms with Crippen molar-refractivity contribution >= 4 is 0 Å². The van der Waals surface area contributed by atoms with Gasteiger partial charge in [-0.2, -0.15) is 10.2 Å². The van der Waals surface area contributed by atoms with Crippen LogP contribution in [0, 0.1) is 12.8 Å². The highest BCUT2D eigenvalue weighted by Crippen LogP contribution is 2.18. The lowest BCUT2D eigenvalue weighted by Crippen LogP contribution is -2.32. The summed E-state index contributed by atoms with van der Waals surface area (Å²) in [6, 6.07) is 2.04. The number of hydrogen-bond donors (Lipinski definition) is 2. The lowest BCUT2D eigenvalue weighted by atomic mass is 10.1. The molecular weight excluding hydrogens is 266 g/mol. The lowest BCUT2D eigenvalue weighted by Gasteiger charge is -2.17. The first kappa shape index (κ1) is 15.7. The molecule has 7 heteroatoms. The van der Waals surface area contributed by atoms with Gasteiger partial charge < -0.3 is 0 Å². The molecule has 0 saturated heterocycles. The normalized spacial score (nSPS) is 13.0. The van der Waals surface area contributed by atoms with Crippen LogP contribution in [0.3, 0.4) is 0 Å². The maximum Gasteiger partial charge on any atom is 0.138 e. The molecule has 0 radical (unpaired) electrons. The molecule has 21 heavy (non-hydrogen) atoms. The average Bonchev–Trinajstić information content (AvgIpc) is 3.01. The summed E-state index contributed by atoms with van der Waals surface area (Å²) >= 11 is 0. The van der Waals surface area contributed by atoms with Crippen LogP contribution in [0.15, 0.2) is 12.4 Å². The van der Waals surface area contributed by atoms with Gasteiger partial charge >= 0.3 is 0 Å². The van der Waals surface area contributed by atoms with E-state index < -0.39 is 0 Å². The summed E-state index contributed by atoms with van der Waals surface area (Å²) < 4.78 is 3.93. The van der Waals surface area contributed by atoms with Gasteiger partial charge in [0.1, 0.15) is 12.2 Å². The maximum atomic E-state index is 5.76. The molecule has 116 valence electrons. The molecule has 2 aromatic heterocycles. The van der Waals surface area contributed by atoms with Gasteiger partial charge in [-0.3, -0.25) is 16.0 Å². The van der Waals surface area contributed by atoms with Crippen LogP contribution in [-0.4, -0.2) is 24.5 Å². The van der Waals surface area contributed by atoms with Crippen LogP contribution in [-0.2, 0) is 19.5 Å². The van der Waals surface area contributed by atoms with Crippen molar-refractivity contribution in [3.05, 3.63) is 29.6 Å². The third-order valence-electron chi connectivity index (χ3n) is 3.41. The van der Waals surface area contributed by atoms with E-state index >= 15 is 0 Å². The second-order valence-electron chi connectivity index (χ2n) is 5.70. The Kier molecular flexibility index (Phi) is 5.08. The fourth-order valence-corrected chi connectivity index (χ4v) is 2.48. The monoisotopic (exact) mass is 291 g/mol. The molecule has 0 aliphatic heterocycles. The Morgan fingerprint density at radius 2 is 2.10 bits per heavy atom. The molecule has 0 fully saturated rings. The van der Waals surface area contributed by atoms with Crippen LogP contribution in [0.5, 0.6) is 0 Å². The molecule has 7 nitrogen and oxygen atoms in total. The highest BCUT2D eigenvalue weighted by Gasteiger charge is 2.19. The summed E-state index contributed by atoms with van der Waals surface area (Å²) in [7, 11) is 0. The smallest absolute Gasteiger partial charge is 0.138 e. The van der Waals surface area contributed by atoms with Gasteiger partial charge in [0.25, 0.3) is 0 Å². The third kappa shape index (κ3) is 3.68. The van der Waals surface area contributed by atoms with Crippen molar-refractivity contribution in [1.82, 2.24) is 30.0 Å². The van der Waals surface area contributed by atoms with Crippen LogP contribution < -0.4 is 11.3 Å². The quantitative estimate of drug-likeness (QED) is 0.591. The first-order chi connectivity index (χ1) is 10.0. The molecule has 0 amide bonds. The largest absolute Gasteiger partial charge is 0.271 e. The lowest BCUT2D eigenvalue weighted by molar-refractivity contribution is 0.434. The van der Waals surface area contributed by atoms with Gasteiger partial charge in [0.15, 0.2) is 0 Å². The topological polar surface area (TPSA) is 86.6 Å². The Labute approximate surface area is 125 Å². The fourth-order valence-electron chi connectivity index (χ4n) is 2.48. The number of hydrogen-bond acceptors (Lipinski definition) is 5. The van der Waals surface area contributed by atoms with E-state index in [2.05, 4.69) is 47.4 Å². The number of nitrogens with one attached hydrogen (secondary N) is 1. The summed E-state index contributed by atoms with van der Waals surface area (Å²) in [4.78, 5) is 4.37. The Balaban J connectivity index is 2.21. The molecule has 2 rings (SSSR count). The second kappa shape index (κ2) is 6.82. The van der Waals surface area contributed by atoms with Crippen molar-refractivity contribution in [3.8, 4) is 0 Å². The standard InChI is InChI=1S/C14H25N7/c1-5-20-13(6-11(4)19-20)12(18-15)7-14-16-9-17-21(14)8-10(2)3/h6,9-10,12,18H,5,7-8,15H2,1-4H3. The maximum absolute atomic E-state index is 5.76. The Hall–Kier alpha value is -1.73. The van der Waals surface area contributed by atoms with E-state index in [-0.39, 0.29) is 6.04 Å². The van der Waals surface area contributed by atoms with Crippen molar-refractivity contribution in [2.45, 2.75) is 53.2 Å². The first-order valence-electron chi connectivity index (χ1n) is 7.42. The van der Waals surface area contributed by atoms with Gasteiger partial charge in [-0.1, -0.05) is 13.8 Å². The molecule has 1 atom stereocenters. The predicted octanol–water partition coefficient (Wildman–Crippen LogP) is 1.21. The molecule has 0 spiro atoms. The number of aryl methyl sites for hydroxylation is 2. The summed E-state index contributed by atoms with van der Waals surface area (Å²) in [5, 5.41) is 8.78. The zero-order chi connectivity index (χ0) is 15.4. The Bertz CT molecular complexity index is 570. The zero-order valence-electron chi connectivity index (χ0n) is 13.2. The van der Waals surface area contributed by atoms with Crippen molar-refractivity contribution in [2.24, 2.45) is 11.8 Å². The molecule has 2 aromatic rings. The molecule has 2 heterocycles. The average molecular weight is 291 g/mol. The zero-order valence-corrected chi connectivity index (χ0v) is 13.2. The van der Waals surface area contributed by atoms with Gasteiger partial charge in [-0.05, 0) is 25.8 Å².